The van der Waals surface area contributed by atoms with Gasteiger partial charge in [0.2, 0.25) is 0 Å². The molecule has 0 aliphatic carbocycles. The summed E-state index contributed by atoms with van der Waals surface area (Å²) in [7, 11) is 0. The number of tetrazole rings is 1. The van der Waals surface area contributed by atoms with Gasteiger partial charge in [-0.25, -0.2) is 5.10 Å². The van der Waals surface area contributed by atoms with Gasteiger partial charge in [-0.1, -0.05) is 66.5 Å². The van der Waals surface area contributed by atoms with Crippen LogP contribution in [0.3, 0.4) is 0 Å². The SMILES string of the molecule is CC(C)c1onc(-c2c(Cl)cccc2Cl)c1COc1ccc2c(ccn2Cc2cccc(-c3nnn[nH]3)c2)c1. The maximum Gasteiger partial charge on any atom is 0.179 e. The van der Waals surface area contributed by atoms with Gasteiger partial charge < -0.3 is 13.8 Å². The highest BCUT2D eigenvalue weighted by Gasteiger charge is 2.24. The minimum absolute atomic E-state index is 0.112. The molecule has 0 unspecified atom stereocenters. The average Bonchev–Trinajstić information content (AvgIpc) is 3.68. The first-order valence-electron chi connectivity index (χ1n) is 12.5. The molecule has 8 nitrogen and oxygen atoms in total. The Labute approximate surface area is 234 Å². The summed E-state index contributed by atoms with van der Waals surface area (Å²) in [6.45, 7) is 5.08. The molecule has 0 saturated heterocycles. The molecule has 3 aromatic heterocycles. The lowest BCUT2D eigenvalue weighted by Gasteiger charge is -2.11. The number of nitrogens with one attached hydrogen (secondary N) is 1. The van der Waals surface area contributed by atoms with Crippen molar-refractivity contribution < 1.29 is 9.26 Å². The van der Waals surface area contributed by atoms with Gasteiger partial charge in [-0.3, -0.25) is 0 Å². The smallest absolute Gasteiger partial charge is 0.179 e. The highest BCUT2D eigenvalue weighted by molar-refractivity contribution is 6.39. The second kappa shape index (κ2) is 10.6. The molecule has 0 fully saturated rings. The third-order valence-electron chi connectivity index (χ3n) is 6.57. The molecule has 196 valence electrons. The van der Waals surface area contributed by atoms with E-state index in [-0.39, 0.29) is 12.5 Å². The normalized spacial score (nSPS) is 11.5. The number of H-pyrrole nitrogens is 1. The van der Waals surface area contributed by atoms with Crippen molar-refractivity contribution in [3.63, 3.8) is 0 Å². The Kier molecular flexibility index (Phi) is 6.81. The molecule has 0 bridgehead atoms. The quantitative estimate of drug-likeness (QED) is 0.207. The summed E-state index contributed by atoms with van der Waals surface area (Å²) in [6.07, 6.45) is 2.07. The third kappa shape index (κ3) is 5.01. The molecule has 6 rings (SSSR count). The van der Waals surface area contributed by atoms with Crippen molar-refractivity contribution in [3.05, 3.63) is 99.9 Å². The summed E-state index contributed by atoms with van der Waals surface area (Å²) in [5, 5.41) is 20.6. The van der Waals surface area contributed by atoms with Crippen molar-refractivity contribution in [1.29, 1.82) is 0 Å². The number of aromatic amines is 1. The predicted octanol–water partition coefficient (Wildman–Crippen LogP) is 7.53. The van der Waals surface area contributed by atoms with Crippen molar-refractivity contribution in [1.82, 2.24) is 30.3 Å². The van der Waals surface area contributed by atoms with Crippen molar-refractivity contribution >= 4 is 34.1 Å². The second-order valence-corrected chi connectivity index (χ2v) is 10.3. The van der Waals surface area contributed by atoms with Gasteiger partial charge in [0.1, 0.15) is 23.8 Å². The van der Waals surface area contributed by atoms with E-state index in [1.165, 1.54) is 0 Å². The molecule has 0 aliphatic heterocycles. The van der Waals surface area contributed by atoms with E-state index in [0.717, 1.165) is 39.1 Å². The second-order valence-electron chi connectivity index (χ2n) is 9.53. The fourth-order valence-electron chi connectivity index (χ4n) is 4.69. The van der Waals surface area contributed by atoms with Crippen LogP contribution in [0.4, 0.5) is 0 Å². The number of rotatable bonds is 8. The highest BCUT2D eigenvalue weighted by atomic mass is 35.5. The third-order valence-corrected chi connectivity index (χ3v) is 7.20. The van der Waals surface area contributed by atoms with Gasteiger partial charge in [0.05, 0.1) is 15.6 Å². The van der Waals surface area contributed by atoms with Crippen LogP contribution in [0.15, 0.2) is 77.4 Å². The zero-order chi connectivity index (χ0) is 26.9. The standard InChI is InChI=1S/C29H24Cl2N6O2/c1-17(2)28-22(27(34-39-28)26-23(30)7-4-8-24(26)31)16-38-21-9-10-25-19(14-21)11-12-37(25)15-18-5-3-6-20(13-18)29-32-35-36-33-29/h3-14,17H,15-16H2,1-2H3,(H,32,33,35,36). The molecule has 10 heteroatoms. The summed E-state index contributed by atoms with van der Waals surface area (Å²) in [5.41, 5.74) is 5.26. The molecule has 3 aromatic carbocycles. The zero-order valence-electron chi connectivity index (χ0n) is 21.2. The molecule has 0 radical (unpaired) electrons. The average molecular weight is 559 g/mol. The summed E-state index contributed by atoms with van der Waals surface area (Å²) in [5.74, 6) is 2.24. The molecule has 0 amide bonds. The van der Waals surface area contributed by atoms with E-state index in [2.05, 4.69) is 74.7 Å². The van der Waals surface area contributed by atoms with Gasteiger partial charge in [0.15, 0.2) is 5.82 Å². The molecule has 39 heavy (non-hydrogen) atoms. The number of ether oxygens (including phenoxy) is 1. The topological polar surface area (TPSA) is 94.7 Å². The maximum absolute atomic E-state index is 6.48. The van der Waals surface area contributed by atoms with E-state index in [4.69, 9.17) is 32.5 Å². The number of halogens is 2. The number of nitrogens with zero attached hydrogens (tertiary/aromatic N) is 5. The summed E-state index contributed by atoms with van der Waals surface area (Å²) >= 11 is 13.0. The Hall–Kier alpha value is -4.14. The van der Waals surface area contributed by atoms with Crippen molar-refractivity contribution in [2.45, 2.75) is 32.9 Å². The minimum atomic E-state index is 0.112. The Morgan fingerprint density at radius 1 is 1.00 bits per heavy atom. The van der Waals surface area contributed by atoms with Crippen LogP contribution in [0.25, 0.3) is 33.5 Å². The van der Waals surface area contributed by atoms with Crippen molar-refractivity contribution in [2.75, 3.05) is 0 Å². The van der Waals surface area contributed by atoms with E-state index in [1.54, 1.807) is 18.2 Å². The first-order chi connectivity index (χ1) is 19.0. The Bertz CT molecular complexity index is 1740. The van der Waals surface area contributed by atoms with Crippen molar-refractivity contribution in [2.24, 2.45) is 0 Å². The molecule has 0 atom stereocenters. The number of benzene rings is 3. The first-order valence-corrected chi connectivity index (χ1v) is 13.2. The fraction of sp³-hybridized carbons (Fsp3) is 0.172. The van der Waals surface area contributed by atoms with Crippen LogP contribution in [0.2, 0.25) is 10.0 Å². The summed E-state index contributed by atoms with van der Waals surface area (Å²) < 4.78 is 14.2. The molecule has 1 N–H and O–H groups in total. The summed E-state index contributed by atoms with van der Waals surface area (Å²) in [6, 6.07) is 21.7. The van der Waals surface area contributed by atoms with Crippen LogP contribution in [-0.4, -0.2) is 30.3 Å². The van der Waals surface area contributed by atoms with E-state index < -0.39 is 0 Å². The Balaban J connectivity index is 1.24. The van der Waals surface area contributed by atoms with Crippen LogP contribution in [0.5, 0.6) is 5.75 Å². The van der Waals surface area contributed by atoms with Crippen molar-refractivity contribution in [3.8, 4) is 28.4 Å². The highest BCUT2D eigenvalue weighted by Crippen LogP contribution is 2.39. The number of hydrogen-bond acceptors (Lipinski definition) is 6. The first kappa shape index (κ1) is 25.2. The van der Waals surface area contributed by atoms with Crippen LogP contribution in [0, 0.1) is 0 Å². The van der Waals surface area contributed by atoms with Crippen LogP contribution in [-0.2, 0) is 13.2 Å². The molecule has 0 aliphatic rings. The Morgan fingerprint density at radius 2 is 1.82 bits per heavy atom. The lowest BCUT2D eigenvalue weighted by molar-refractivity contribution is 0.299. The van der Waals surface area contributed by atoms with Gasteiger partial charge in [0.25, 0.3) is 0 Å². The lowest BCUT2D eigenvalue weighted by atomic mass is 10.0. The monoisotopic (exact) mass is 558 g/mol. The van der Waals surface area contributed by atoms with E-state index >= 15 is 0 Å². The van der Waals surface area contributed by atoms with Crippen LogP contribution >= 0.6 is 23.2 Å². The summed E-state index contributed by atoms with van der Waals surface area (Å²) in [4.78, 5) is 0. The molecular weight excluding hydrogens is 535 g/mol. The van der Waals surface area contributed by atoms with Crippen LogP contribution < -0.4 is 4.74 Å². The van der Waals surface area contributed by atoms with E-state index in [9.17, 15) is 0 Å². The van der Waals surface area contributed by atoms with E-state index in [1.807, 2.05) is 24.3 Å². The maximum atomic E-state index is 6.48. The molecule has 0 saturated carbocycles. The molecule has 3 heterocycles. The molecule has 0 spiro atoms. The fourth-order valence-corrected chi connectivity index (χ4v) is 5.27. The van der Waals surface area contributed by atoms with Gasteiger partial charge in [-0.05, 0) is 58.5 Å². The Morgan fingerprint density at radius 3 is 2.59 bits per heavy atom. The van der Waals surface area contributed by atoms with Gasteiger partial charge in [-0.15, -0.1) is 5.10 Å². The lowest BCUT2D eigenvalue weighted by Crippen LogP contribution is -2.01. The van der Waals surface area contributed by atoms with Crippen LogP contribution in [0.1, 0.15) is 36.7 Å². The predicted molar refractivity (Wildman–Crippen MR) is 151 cm³/mol. The van der Waals surface area contributed by atoms with Gasteiger partial charge >= 0.3 is 0 Å². The van der Waals surface area contributed by atoms with E-state index in [0.29, 0.717) is 33.7 Å². The number of hydrogen-bond donors (Lipinski definition) is 1. The van der Waals surface area contributed by atoms with Gasteiger partial charge in [-0.2, -0.15) is 0 Å². The molecular formula is C29H24Cl2N6O2. The number of aromatic nitrogens is 6. The largest absolute Gasteiger partial charge is 0.489 e. The number of fused-ring (bicyclic) bond motifs is 1. The minimum Gasteiger partial charge on any atom is -0.489 e. The zero-order valence-corrected chi connectivity index (χ0v) is 22.7. The van der Waals surface area contributed by atoms with Gasteiger partial charge in [0, 0.05) is 40.7 Å². The molecule has 6 aromatic rings.